The van der Waals surface area contributed by atoms with E-state index in [1.165, 1.54) is 5.56 Å². The van der Waals surface area contributed by atoms with Gasteiger partial charge in [-0.15, -0.1) is 12.6 Å². The van der Waals surface area contributed by atoms with E-state index in [0.717, 1.165) is 43.6 Å². The minimum absolute atomic E-state index is 0.252. The number of hydrogen-bond acceptors (Lipinski definition) is 4. The van der Waals surface area contributed by atoms with E-state index in [2.05, 4.69) is 49.8 Å². The molecule has 1 aliphatic carbocycles. The number of nitriles is 1. The quantitative estimate of drug-likeness (QED) is 0.829. The van der Waals surface area contributed by atoms with Gasteiger partial charge in [0.05, 0.1) is 5.56 Å². The van der Waals surface area contributed by atoms with Gasteiger partial charge in [0.1, 0.15) is 16.9 Å². The normalized spacial score (nSPS) is 16.6. The molecule has 0 aliphatic heterocycles. The maximum Gasteiger partial charge on any atom is 0.130 e. The molecule has 0 saturated carbocycles. The minimum Gasteiger partial charge on any atom is -0.370 e. The van der Waals surface area contributed by atoms with Crippen LogP contribution >= 0.6 is 12.6 Å². The summed E-state index contributed by atoms with van der Waals surface area (Å²) in [4.78, 5) is 4.47. The van der Waals surface area contributed by atoms with Gasteiger partial charge in [0.25, 0.3) is 0 Å². The second-order valence-electron chi connectivity index (χ2n) is 6.00. The first-order chi connectivity index (χ1) is 8.98. The van der Waals surface area contributed by atoms with Crippen LogP contribution in [0.2, 0.25) is 0 Å². The molecule has 1 aliphatic rings. The fourth-order valence-corrected chi connectivity index (χ4v) is 2.94. The molecule has 102 valence electrons. The van der Waals surface area contributed by atoms with Gasteiger partial charge in [-0.3, -0.25) is 0 Å². The van der Waals surface area contributed by atoms with E-state index in [9.17, 15) is 5.26 Å². The Hall–Kier alpha value is -1.21. The topological polar surface area (TPSA) is 48.7 Å². The van der Waals surface area contributed by atoms with Gasteiger partial charge < -0.3 is 5.32 Å². The summed E-state index contributed by atoms with van der Waals surface area (Å²) in [5, 5.41) is 13.3. The van der Waals surface area contributed by atoms with E-state index < -0.39 is 0 Å². The lowest BCUT2D eigenvalue weighted by Gasteiger charge is -2.33. The Labute approximate surface area is 120 Å². The Bertz CT molecular complexity index is 529. The molecule has 0 spiro atoms. The third kappa shape index (κ3) is 2.87. The molecule has 0 bridgehead atoms. The SMILES string of the molecule is CCCNc1nc(S)c(C#N)c2c1CCC(C)(C)C2. The predicted octanol–water partition coefficient (Wildman–Crippen LogP) is 3.58. The first-order valence-corrected chi connectivity index (χ1v) is 7.32. The lowest BCUT2D eigenvalue weighted by molar-refractivity contribution is 0.314. The molecule has 2 rings (SSSR count). The van der Waals surface area contributed by atoms with Crippen molar-refractivity contribution in [1.82, 2.24) is 4.98 Å². The molecule has 0 fully saturated rings. The molecule has 0 aromatic carbocycles. The van der Waals surface area contributed by atoms with Crippen LogP contribution in [0.1, 0.15) is 50.3 Å². The van der Waals surface area contributed by atoms with Crippen molar-refractivity contribution in [2.24, 2.45) is 5.41 Å². The number of thiol groups is 1. The standard InChI is InChI=1S/C15H21N3S/c1-4-7-17-13-10-5-6-15(2,3)8-11(10)12(9-16)14(19)18-13/h4-8H2,1-3H3,(H2,17,18,19). The van der Waals surface area contributed by atoms with Crippen LogP contribution in [0.25, 0.3) is 0 Å². The van der Waals surface area contributed by atoms with Gasteiger partial charge in [0, 0.05) is 6.54 Å². The Morgan fingerprint density at radius 3 is 2.79 bits per heavy atom. The number of nitrogens with one attached hydrogen (secondary N) is 1. The molecule has 0 atom stereocenters. The Morgan fingerprint density at radius 2 is 2.16 bits per heavy atom. The van der Waals surface area contributed by atoms with Crippen molar-refractivity contribution in [3.8, 4) is 6.07 Å². The fourth-order valence-electron chi connectivity index (χ4n) is 2.66. The van der Waals surface area contributed by atoms with Crippen LogP contribution in [0.15, 0.2) is 5.03 Å². The van der Waals surface area contributed by atoms with Gasteiger partial charge in [0.2, 0.25) is 0 Å². The number of nitrogens with zero attached hydrogens (tertiary/aromatic N) is 2. The van der Waals surface area contributed by atoms with E-state index in [0.29, 0.717) is 10.6 Å². The van der Waals surface area contributed by atoms with Gasteiger partial charge in [-0.2, -0.15) is 5.26 Å². The van der Waals surface area contributed by atoms with Crippen molar-refractivity contribution in [2.75, 3.05) is 11.9 Å². The Balaban J connectivity index is 2.51. The Morgan fingerprint density at radius 1 is 1.42 bits per heavy atom. The number of rotatable bonds is 3. The van der Waals surface area contributed by atoms with Crippen LogP contribution in [0.4, 0.5) is 5.82 Å². The number of aromatic nitrogens is 1. The molecule has 0 radical (unpaired) electrons. The van der Waals surface area contributed by atoms with Gasteiger partial charge in [0.15, 0.2) is 0 Å². The van der Waals surface area contributed by atoms with Crippen molar-refractivity contribution in [3.63, 3.8) is 0 Å². The minimum atomic E-state index is 0.252. The highest BCUT2D eigenvalue weighted by atomic mass is 32.1. The van der Waals surface area contributed by atoms with Gasteiger partial charge in [-0.1, -0.05) is 20.8 Å². The summed E-state index contributed by atoms with van der Waals surface area (Å²) in [6, 6.07) is 2.28. The number of pyridine rings is 1. The molecular weight excluding hydrogens is 254 g/mol. The number of hydrogen-bond donors (Lipinski definition) is 2. The molecule has 3 nitrogen and oxygen atoms in total. The predicted molar refractivity (Wildman–Crippen MR) is 80.8 cm³/mol. The van der Waals surface area contributed by atoms with Gasteiger partial charge in [-0.25, -0.2) is 4.98 Å². The molecule has 19 heavy (non-hydrogen) atoms. The van der Waals surface area contributed by atoms with Crippen molar-refractivity contribution in [3.05, 3.63) is 16.7 Å². The highest BCUT2D eigenvalue weighted by Crippen LogP contribution is 2.39. The summed E-state index contributed by atoms with van der Waals surface area (Å²) in [6.45, 7) is 7.56. The maximum atomic E-state index is 9.35. The summed E-state index contributed by atoms with van der Waals surface area (Å²) < 4.78 is 0. The van der Waals surface area contributed by atoms with Crippen molar-refractivity contribution >= 4 is 18.4 Å². The van der Waals surface area contributed by atoms with E-state index in [1.807, 2.05) is 0 Å². The molecule has 1 aromatic rings. The lowest BCUT2D eigenvalue weighted by atomic mass is 9.73. The smallest absolute Gasteiger partial charge is 0.130 e. The van der Waals surface area contributed by atoms with Gasteiger partial charge >= 0.3 is 0 Å². The lowest BCUT2D eigenvalue weighted by Crippen LogP contribution is -2.25. The summed E-state index contributed by atoms with van der Waals surface area (Å²) in [7, 11) is 0. The summed E-state index contributed by atoms with van der Waals surface area (Å²) in [5.74, 6) is 0.927. The molecule has 1 N–H and O–H groups in total. The second-order valence-corrected chi connectivity index (χ2v) is 6.42. The van der Waals surface area contributed by atoms with Crippen LogP contribution in [-0.4, -0.2) is 11.5 Å². The van der Waals surface area contributed by atoms with Crippen molar-refractivity contribution in [2.45, 2.75) is 51.5 Å². The van der Waals surface area contributed by atoms with Crippen molar-refractivity contribution in [1.29, 1.82) is 5.26 Å². The highest BCUT2D eigenvalue weighted by Gasteiger charge is 2.30. The summed E-state index contributed by atoms with van der Waals surface area (Å²) in [5.41, 5.74) is 3.29. The molecule has 0 unspecified atom stereocenters. The highest BCUT2D eigenvalue weighted by molar-refractivity contribution is 7.80. The zero-order valence-corrected chi connectivity index (χ0v) is 12.8. The third-order valence-electron chi connectivity index (χ3n) is 3.75. The Kier molecular flexibility index (Phi) is 4.05. The van der Waals surface area contributed by atoms with Crippen molar-refractivity contribution < 1.29 is 0 Å². The number of fused-ring (bicyclic) bond motifs is 1. The fraction of sp³-hybridized carbons (Fsp3) is 0.600. The molecule has 4 heteroatoms. The maximum absolute atomic E-state index is 9.35. The number of anilines is 1. The van der Waals surface area contributed by atoms with E-state index in [-0.39, 0.29) is 5.41 Å². The van der Waals surface area contributed by atoms with Crippen LogP contribution in [0.3, 0.4) is 0 Å². The van der Waals surface area contributed by atoms with Gasteiger partial charge in [-0.05, 0) is 42.2 Å². The first kappa shape index (κ1) is 14.2. The van der Waals surface area contributed by atoms with E-state index >= 15 is 0 Å². The zero-order chi connectivity index (χ0) is 14.0. The summed E-state index contributed by atoms with van der Waals surface area (Å²) >= 11 is 4.39. The zero-order valence-electron chi connectivity index (χ0n) is 11.9. The van der Waals surface area contributed by atoms with Crippen LogP contribution in [-0.2, 0) is 12.8 Å². The van der Waals surface area contributed by atoms with Crippen LogP contribution in [0.5, 0.6) is 0 Å². The molecule has 1 heterocycles. The second kappa shape index (κ2) is 5.42. The average Bonchev–Trinajstić information content (AvgIpc) is 2.34. The molecule has 1 aromatic heterocycles. The van der Waals surface area contributed by atoms with E-state index in [4.69, 9.17) is 0 Å². The molecule has 0 saturated heterocycles. The average molecular weight is 275 g/mol. The monoisotopic (exact) mass is 275 g/mol. The third-order valence-corrected chi connectivity index (χ3v) is 4.08. The largest absolute Gasteiger partial charge is 0.370 e. The summed E-state index contributed by atoms with van der Waals surface area (Å²) in [6.07, 6.45) is 4.12. The molecule has 0 amide bonds. The van der Waals surface area contributed by atoms with Crippen LogP contribution in [0, 0.1) is 16.7 Å². The first-order valence-electron chi connectivity index (χ1n) is 6.87. The van der Waals surface area contributed by atoms with Crippen LogP contribution < -0.4 is 5.32 Å². The van der Waals surface area contributed by atoms with E-state index in [1.54, 1.807) is 0 Å². The molecular formula is C15H21N3S.